The fourth-order valence-corrected chi connectivity index (χ4v) is 5.22. The molecule has 1 aromatic carbocycles. The molecule has 0 aliphatic carbocycles. The van der Waals surface area contributed by atoms with E-state index >= 15 is 0 Å². The van der Waals surface area contributed by atoms with E-state index < -0.39 is 18.6 Å². The van der Waals surface area contributed by atoms with Crippen LogP contribution in [0.25, 0.3) is 10.8 Å². The Bertz CT molecular complexity index is 1380. The van der Waals surface area contributed by atoms with E-state index in [1.165, 1.54) is 17.8 Å². The third-order valence-corrected chi connectivity index (χ3v) is 6.99. The van der Waals surface area contributed by atoms with Crippen molar-refractivity contribution in [1.29, 1.82) is 0 Å². The van der Waals surface area contributed by atoms with Crippen molar-refractivity contribution in [2.75, 3.05) is 11.9 Å². The number of rotatable bonds is 8. The van der Waals surface area contributed by atoms with Gasteiger partial charge in [0.2, 0.25) is 0 Å². The molecule has 2 aromatic heterocycles. The van der Waals surface area contributed by atoms with Gasteiger partial charge >= 0.3 is 0 Å². The van der Waals surface area contributed by atoms with Crippen LogP contribution >= 0.6 is 0 Å². The minimum Gasteiger partial charge on any atom is -0.362 e. The molecule has 4 rings (SSSR count). The quantitative estimate of drug-likeness (QED) is 0.413. The second kappa shape index (κ2) is 10.5. The molecule has 3 heterocycles. The van der Waals surface area contributed by atoms with Gasteiger partial charge in [0, 0.05) is 24.3 Å². The van der Waals surface area contributed by atoms with Crippen LogP contribution in [0.1, 0.15) is 79.3 Å². The molecule has 2 unspecified atom stereocenters. The van der Waals surface area contributed by atoms with Crippen molar-refractivity contribution in [2.45, 2.75) is 71.1 Å². The molecular formula is C26H32F3N5O2. The highest BCUT2D eigenvalue weighted by molar-refractivity contribution is 5.95. The van der Waals surface area contributed by atoms with E-state index in [1.54, 1.807) is 19.1 Å². The monoisotopic (exact) mass is 503 g/mol. The highest BCUT2D eigenvalue weighted by Gasteiger charge is 2.28. The molecular weight excluding hydrogens is 471 g/mol. The summed E-state index contributed by atoms with van der Waals surface area (Å²) >= 11 is 0. The number of nitrogens with zero attached hydrogens (tertiary/aromatic N) is 2. The van der Waals surface area contributed by atoms with Gasteiger partial charge in [0.1, 0.15) is 0 Å². The highest BCUT2D eigenvalue weighted by atomic mass is 19.3. The number of alkyl halides is 3. The second-order valence-electron chi connectivity index (χ2n) is 9.44. The van der Waals surface area contributed by atoms with Gasteiger partial charge in [-0.15, -0.1) is 0 Å². The highest BCUT2D eigenvalue weighted by Crippen LogP contribution is 2.34. The molecule has 7 nitrogen and oxygen atoms in total. The van der Waals surface area contributed by atoms with Gasteiger partial charge in [-0.05, 0) is 56.3 Å². The van der Waals surface area contributed by atoms with E-state index in [1.807, 2.05) is 13.8 Å². The summed E-state index contributed by atoms with van der Waals surface area (Å²) in [7, 11) is 1.53. The number of H-pyrrole nitrogens is 1. The van der Waals surface area contributed by atoms with Crippen LogP contribution in [0.4, 0.5) is 19.0 Å². The Morgan fingerprint density at radius 2 is 1.92 bits per heavy atom. The standard InChI is InChI=1S/C26H32F3N5O2/c1-5-8-18-19-21(20(25(35)32-18)17-11-7-12-30-17)26(36)34(4)33-24(19)31-14(3)15-9-6-10-16(13(15)2)22(27)23(28)29/h6,9-10,14,17,22-23,30H,5,7-8,11-12H2,1-4H3,(H,31,33)(H,32,35)/t14-,17?,22?/m1/s1. The van der Waals surface area contributed by atoms with Gasteiger partial charge in [0.15, 0.2) is 12.0 Å². The van der Waals surface area contributed by atoms with Gasteiger partial charge in [-0.2, -0.15) is 5.10 Å². The number of nitrogens with one attached hydrogen (secondary N) is 3. The van der Waals surface area contributed by atoms with E-state index in [0.717, 1.165) is 25.8 Å². The molecule has 0 spiro atoms. The number of hydrogen-bond donors (Lipinski definition) is 3. The summed E-state index contributed by atoms with van der Waals surface area (Å²) in [6, 6.07) is 4.00. The molecule has 3 atom stereocenters. The van der Waals surface area contributed by atoms with Crippen molar-refractivity contribution in [2.24, 2.45) is 7.05 Å². The van der Waals surface area contributed by atoms with Gasteiger partial charge in [0.25, 0.3) is 17.5 Å². The smallest absolute Gasteiger partial charge is 0.275 e. The van der Waals surface area contributed by atoms with Crippen molar-refractivity contribution in [3.05, 3.63) is 66.9 Å². The van der Waals surface area contributed by atoms with Crippen LogP contribution in [0.15, 0.2) is 27.8 Å². The maximum atomic E-state index is 14.2. The molecule has 3 N–H and O–H groups in total. The molecule has 36 heavy (non-hydrogen) atoms. The zero-order chi connectivity index (χ0) is 26.1. The third-order valence-electron chi connectivity index (χ3n) is 6.99. The number of pyridine rings is 1. The largest absolute Gasteiger partial charge is 0.362 e. The topological polar surface area (TPSA) is 91.8 Å². The van der Waals surface area contributed by atoms with E-state index in [9.17, 15) is 22.8 Å². The molecule has 1 aliphatic heterocycles. The van der Waals surface area contributed by atoms with Gasteiger partial charge in [-0.25, -0.2) is 17.9 Å². The number of aromatic nitrogens is 3. The average molecular weight is 504 g/mol. The minimum absolute atomic E-state index is 0.0555. The van der Waals surface area contributed by atoms with Crippen LogP contribution < -0.4 is 21.8 Å². The molecule has 0 saturated carbocycles. The third kappa shape index (κ3) is 4.66. The molecule has 194 valence electrons. The fraction of sp³-hybridized carbons (Fsp3) is 0.500. The first-order valence-electron chi connectivity index (χ1n) is 12.3. The van der Waals surface area contributed by atoms with Gasteiger partial charge in [-0.1, -0.05) is 31.5 Å². The van der Waals surface area contributed by atoms with Crippen LogP contribution in [0.3, 0.4) is 0 Å². The summed E-state index contributed by atoms with van der Waals surface area (Å²) in [5.74, 6) is 0.397. The number of aryl methyl sites for hydroxylation is 2. The van der Waals surface area contributed by atoms with E-state index in [-0.39, 0.29) is 22.7 Å². The van der Waals surface area contributed by atoms with Crippen molar-refractivity contribution in [3.63, 3.8) is 0 Å². The minimum atomic E-state index is -3.12. The van der Waals surface area contributed by atoms with Gasteiger partial charge in [-0.3, -0.25) is 9.59 Å². The summed E-state index contributed by atoms with van der Waals surface area (Å²) in [6.07, 6.45) is -2.57. The van der Waals surface area contributed by atoms with Gasteiger partial charge < -0.3 is 15.6 Å². The number of aromatic amines is 1. The lowest BCUT2D eigenvalue weighted by Gasteiger charge is -2.23. The Labute approximate surface area is 207 Å². The van der Waals surface area contributed by atoms with Crippen LogP contribution in [-0.2, 0) is 13.5 Å². The number of anilines is 1. The Morgan fingerprint density at radius 1 is 1.19 bits per heavy atom. The number of fused-ring (bicyclic) bond motifs is 1. The van der Waals surface area contributed by atoms with E-state index in [0.29, 0.717) is 45.4 Å². The Balaban J connectivity index is 1.89. The summed E-state index contributed by atoms with van der Waals surface area (Å²) in [6.45, 7) is 6.19. The van der Waals surface area contributed by atoms with Crippen LogP contribution in [0.5, 0.6) is 0 Å². The summed E-state index contributed by atoms with van der Waals surface area (Å²) in [5.41, 5.74) is 1.40. The first kappa shape index (κ1) is 25.9. The van der Waals surface area contributed by atoms with Crippen molar-refractivity contribution in [3.8, 4) is 0 Å². The zero-order valence-corrected chi connectivity index (χ0v) is 20.9. The normalized spacial score (nSPS) is 17.6. The number of benzene rings is 1. The van der Waals surface area contributed by atoms with Crippen molar-refractivity contribution < 1.29 is 13.2 Å². The summed E-state index contributed by atoms with van der Waals surface area (Å²) < 4.78 is 41.6. The first-order chi connectivity index (χ1) is 17.1. The Morgan fingerprint density at radius 3 is 2.56 bits per heavy atom. The first-order valence-corrected chi connectivity index (χ1v) is 12.3. The summed E-state index contributed by atoms with van der Waals surface area (Å²) in [4.78, 5) is 29.5. The lowest BCUT2D eigenvalue weighted by molar-refractivity contribution is 0.0492. The van der Waals surface area contributed by atoms with Gasteiger partial charge in [0.05, 0.1) is 16.8 Å². The Hall–Kier alpha value is -3.14. The van der Waals surface area contributed by atoms with E-state index in [4.69, 9.17) is 0 Å². The number of hydrogen-bond acceptors (Lipinski definition) is 5. The van der Waals surface area contributed by atoms with Crippen LogP contribution in [0.2, 0.25) is 0 Å². The molecule has 1 fully saturated rings. The molecule has 3 aromatic rings. The second-order valence-corrected chi connectivity index (χ2v) is 9.44. The lowest BCUT2D eigenvalue weighted by Crippen LogP contribution is -2.31. The van der Waals surface area contributed by atoms with E-state index in [2.05, 4.69) is 20.7 Å². The Kier molecular flexibility index (Phi) is 7.54. The van der Waals surface area contributed by atoms with Crippen molar-refractivity contribution >= 4 is 16.6 Å². The molecule has 10 heteroatoms. The van der Waals surface area contributed by atoms with Crippen LogP contribution in [-0.4, -0.2) is 27.7 Å². The van der Waals surface area contributed by atoms with Crippen LogP contribution in [0, 0.1) is 6.92 Å². The fourth-order valence-electron chi connectivity index (χ4n) is 5.22. The maximum Gasteiger partial charge on any atom is 0.275 e. The zero-order valence-electron chi connectivity index (χ0n) is 20.9. The SMILES string of the molecule is CCCc1[nH]c(=O)c(C2CCCN2)c2c(=O)n(C)nc(N[C@H](C)c3cccc(C(F)C(F)F)c3C)c12. The number of halogens is 3. The predicted octanol–water partition coefficient (Wildman–Crippen LogP) is 4.76. The molecule has 0 radical (unpaired) electrons. The maximum absolute atomic E-state index is 14.2. The average Bonchev–Trinajstić information content (AvgIpc) is 3.36. The van der Waals surface area contributed by atoms with Crippen molar-refractivity contribution in [1.82, 2.24) is 20.1 Å². The lowest BCUT2D eigenvalue weighted by atomic mass is 9.94. The molecule has 1 aliphatic rings. The molecule has 0 amide bonds. The predicted molar refractivity (Wildman–Crippen MR) is 135 cm³/mol. The summed E-state index contributed by atoms with van der Waals surface area (Å²) in [5, 5.41) is 12.0. The molecule has 0 bridgehead atoms. The molecule has 1 saturated heterocycles.